The minimum absolute atomic E-state index is 0.435. The fraction of sp³-hybridized carbons (Fsp3) is 0.900. The summed E-state index contributed by atoms with van der Waals surface area (Å²) in [5.74, 6) is 0. The monoisotopic (exact) mass is 200 g/mol. The van der Waals surface area contributed by atoms with Gasteiger partial charge in [0.1, 0.15) is 0 Å². The average Bonchev–Trinajstić information content (AvgIpc) is 1.75. The molecule has 1 amide bonds. The number of likely N-dealkylation sites (tertiary alicyclic amines) is 1. The zero-order valence-electron chi connectivity index (χ0n) is 9.20. The standard InChI is InChI=1S/C10H18NO3/c1-9(2)5-7(12)6-10(3,4)11(9)8(13)14/h7,12H,5-6H2,1-4H3. The summed E-state index contributed by atoms with van der Waals surface area (Å²) in [7, 11) is 0. The molecule has 1 heterocycles. The molecule has 0 aliphatic carbocycles. The lowest BCUT2D eigenvalue weighted by molar-refractivity contribution is -0.0681. The molecule has 0 aromatic rings. The quantitative estimate of drug-likeness (QED) is 0.645. The van der Waals surface area contributed by atoms with Gasteiger partial charge >= 0.3 is 6.09 Å². The Morgan fingerprint density at radius 3 is 1.86 bits per heavy atom. The third-order valence-corrected chi connectivity index (χ3v) is 2.86. The van der Waals surface area contributed by atoms with Crippen LogP contribution in [0.5, 0.6) is 0 Å². The van der Waals surface area contributed by atoms with Crippen LogP contribution in [-0.4, -0.2) is 33.3 Å². The number of hydrogen-bond acceptors (Lipinski definition) is 2. The zero-order valence-corrected chi connectivity index (χ0v) is 9.20. The van der Waals surface area contributed by atoms with Crippen LogP contribution in [0.4, 0.5) is 4.79 Å². The minimum atomic E-state index is -1.16. The van der Waals surface area contributed by atoms with E-state index in [0.29, 0.717) is 12.8 Å². The first-order chi connectivity index (χ1) is 6.17. The number of carbonyl (C=O) groups excluding carboxylic acids is 1. The molecule has 1 radical (unpaired) electrons. The molecule has 0 aromatic heterocycles. The molecule has 0 unspecified atom stereocenters. The van der Waals surface area contributed by atoms with E-state index < -0.39 is 23.3 Å². The number of aliphatic hydroxyl groups is 1. The highest BCUT2D eigenvalue weighted by Gasteiger charge is 2.48. The van der Waals surface area contributed by atoms with Gasteiger partial charge in [-0.3, -0.25) is 4.90 Å². The van der Waals surface area contributed by atoms with Gasteiger partial charge in [-0.05, 0) is 40.5 Å². The van der Waals surface area contributed by atoms with Crippen molar-refractivity contribution in [1.82, 2.24) is 4.90 Å². The maximum Gasteiger partial charge on any atom is 0.454 e. The van der Waals surface area contributed by atoms with Crippen molar-refractivity contribution in [3.05, 3.63) is 0 Å². The van der Waals surface area contributed by atoms with E-state index in [9.17, 15) is 15.0 Å². The number of piperidine rings is 1. The van der Waals surface area contributed by atoms with Crippen LogP contribution < -0.4 is 0 Å². The molecule has 1 aliphatic rings. The van der Waals surface area contributed by atoms with E-state index in [2.05, 4.69) is 0 Å². The van der Waals surface area contributed by atoms with Gasteiger partial charge in [-0.1, -0.05) is 0 Å². The van der Waals surface area contributed by atoms with Gasteiger partial charge in [0, 0.05) is 11.1 Å². The smallest absolute Gasteiger partial charge is 0.393 e. The molecule has 0 saturated carbocycles. The first-order valence-corrected chi connectivity index (χ1v) is 4.86. The van der Waals surface area contributed by atoms with Gasteiger partial charge in [-0.2, -0.15) is 0 Å². The molecule has 4 nitrogen and oxygen atoms in total. The lowest BCUT2D eigenvalue weighted by Gasteiger charge is -2.52. The molecule has 81 valence electrons. The van der Waals surface area contributed by atoms with Crippen molar-refractivity contribution in [1.29, 1.82) is 0 Å². The SMILES string of the molecule is CC1(C)CC(O)CC(C)(C)N1C([O])=O. The molecule has 14 heavy (non-hydrogen) atoms. The normalized spacial score (nSPS) is 26.2. The predicted molar refractivity (Wildman–Crippen MR) is 51.3 cm³/mol. The van der Waals surface area contributed by atoms with Crippen molar-refractivity contribution in [3.63, 3.8) is 0 Å². The van der Waals surface area contributed by atoms with Crippen molar-refractivity contribution >= 4 is 6.09 Å². The topological polar surface area (TPSA) is 60.4 Å². The predicted octanol–water partition coefficient (Wildman–Crippen LogP) is 1.55. The van der Waals surface area contributed by atoms with Crippen LogP contribution in [0.2, 0.25) is 0 Å². The lowest BCUT2D eigenvalue weighted by Crippen LogP contribution is -2.63. The largest absolute Gasteiger partial charge is 0.454 e. The van der Waals surface area contributed by atoms with Gasteiger partial charge in [0.05, 0.1) is 6.10 Å². The zero-order chi connectivity index (χ0) is 11.1. The Bertz CT molecular complexity index is 230. The molecule has 1 saturated heterocycles. The van der Waals surface area contributed by atoms with Gasteiger partial charge < -0.3 is 5.11 Å². The Morgan fingerprint density at radius 1 is 1.21 bits per heavy atom. The van der Waals surface area contributed by atoms with E-state index >= 15 is 0 Å². The third kappa shape index (κ3) is 1.85. The van der Waals surface area contributed by atoms with Gasteiger partial charge in [0.2, 0.25) is 0 Å². The fourth-order valence-corrected chi connectivity index (χ4v) is 2.72. The number of aliphatic hydroxyl groups excluding tert-OH is 1. The van der Waals surface area contributed by atoms with E-state index in [1.807, 2.05) is 27.7 Å². The molecule has 1 aliphatic heterocycles. The molecular weight excluding hydrogens is 182 g/mol. The van der Waals surface area contributed by atoms with Crippen molar-refractivity contribution in [2.45, 2.75) is 57.7 Å². The van der Waals surface area contributed by atoms with Crippen molar-refractivity contribution in [2.75, 3.05) is 0 Å². The first kappa shape index (κ1) is 11.3. The second-order valence-electron chi connectivity index (χ2n) is 5.29. The van der Waals surface area contributed by atoms with Crippen LogP contribution in [0, 0.1) is 0 Å². The highest BCUT2D eigenvalue weighted by Crippen LogP contribution is 2.38. The number of nitrogens with zero attached hydrogens (tertiary/aromatic N) is 1. The van der Waals surface area contributed by atoms with Gasteiger partial charge in [-0.25, -0.2) is 9.90 Å². The number of rotatable bonds is 0. The van der Waals surface area contributed by atoms with Crippen LogP contribution in [0.25, 0.3) is 0 Å². The summed E-state index contributed by atoms with van der Waals surface area (Å²) < 4.78 is 0. The Kier molecular flexibility index (Phi) is 2.52. The molecule has 1 fully saturated rings. The van der Waals surface area contributed by atoms with Gasteiger partial charge in [-0.15, -0.1) is 0 Å². The van der Waals surface area contributed by atoms with Crippen LogP contribution >= 0.6 is 0 Å². The molecule has 0 aromatic carbocycles. The molecule has 1 rings (SSSR count). The van der Waals surface area contributed by atoms with Crippen LogP contribution in [-0.2, 0) is 5.11 Å². The molecule has 4 heteroatoms. The molecule has 0 spiro atoms. The summed E-state index contributed by atoms with van der Waals surface area (Å²) in [5, 5.41) is 20.7. The Balaban J connectivity index is 3.03. The first-order valence-electron chi connectivity index (χ1n) is 4.86. The summed E-state index contributed by atoms with van der Waals surface area (Å²) in [4.78, 5) is 12.4. The summed E-state index contributed by atoms with van der Waals surface area (Å²) in [6.45, 7) is 7.25. The average molecular weight is 200 g/mol. The van der Waals surface area contributed by atoms with Crippen molar-refractivity contribution in [3.8, 4) is 0 Å². The maximum absolute atomic E-state index is 11.0. The van der Waals surface area contributed by atoms with Crippen LogP contribution in [0.1, 0.15) is 40.5 Å². The van der Waals surface area contributed by atoms with E-state index in [-0.39, 0.29) is 0 Å². The Labute approximate surface area is 84.5 Å². The molecule has 0 bridgehead atoms. The fourth-order valence-electron chi connectivity index (χ4n) is 2.72. The number of carbonyl (C=O) groups is 1. The van der Waals surface area contributed by atoms with E-state index in [1.165, 1.54) is 4.90 Å². The lowest BCUT2D eigenvalue weighted by atomic mass is 9.78. The number of hydrogen-bond donors (Lipinski definition) is 1. The van der Waals surface area contributed by atoms with E-state index in [1.54, 1.807) is 0 Å². The Hall–Kier alpha value is -0.770. The van der Waals surface area contributed by atoms with E-state index in [4.69, 9.17) is 0 Å². The number of amides is 1. The van der Waals surface area contributed by atoms with Gasteiger partial charge in [0.15, 0.2) is 0 Å². The summed E-state index contributed by atoms with van der Waals surface area (Å²) in [6, 6.07) is 0. The highest BCUT2D eigenvalue weighted by molar-refractivity contribution is 5.67. The molecule has 1 N–H and O–H groups in total. The van der Waals surface area contributed by atoms with Gasteiger partial charge in [0.25, 0.3) is 0 Å². The summed E-state index contributed by atoms with van der Waals surface area (Å²) in [6.07, 6.45) is -0.669. The highest BCUT2D eigenvalue weighted by atomic mass is 16.4. The second-order valence-corrected chi connectivity index (χ2v) is 5.29. The van der Waals surface area contributed by atoms with Crippen molar-refractivity contribution < 1.29 is 15.0 Å². The Morgan fingerprint density at radius 2 is 1.57 bits per heavy atom. The molecular formula is C10H18NO3. The van der Waals surface area contributed by atoms with Crippen LogP contribution in [0.15, 0.2) is 0 Å². The molecule has 0 atom stereocenters. The summed E-state index contributed by atoms with van der Waals surface area (Å²) >= 11 is 0. The third-order valence-electron chi connectivity index (χ3n) is 2.86. The van der Waals surface area contributed by atoms with Crippen molar-refractivity contribution in [2.24, 2.45) is 0 Å². The second kappa shape index (κ2) is 3.12. The van der Waals surface area contributed by atoms with E-state index in [0.717, 1.165) is 0 Å². The maximum atomic E-state index is 11.0. The van der Waals surface area contributed by atoms with Crippen LogP contribution in [0.3, 0.4) is 0 Å². The summed E-state index contributed by atoms with van der Waals surface area (Å²) in [5.41, 5.74) is -1.11. The minimum Gasteiger partial charge on any atom is -0.393 e.